The van der Waals surface area contributed by atoms with E-state index in [1.54, 1.807) is 0 Å². The zero-order valence-corrected chi connectivity index (χ0v) is 13.5. The van der Waals surface area contributed by atoms with Crippen molar-refractivity contribution in [3.8, 4) is 0 Å². The largest absolute Gasteiger partial charge is 0.481 e. The Morgan fingerprint density at radius 3 is 2.71 bits per heavy atom. The number of aromatic nitrogens is 2. The van der Waals surface area contributed by atoms with E-state index in [4.69, 9.17) is 0 Å². The summed E-state index contributed by atoms with van der Waals surface area (Å²) in [6, 6.07) is 2.45. The molecule has 0 radical (unpaired) electrons. The number of aliphatic carboxylic acids is 1. The van der Waals surface area contributed by atoms with E-state index >= 15 is 0 Å². The Bertz CT molecular complexity index is 497. The van der Waals surface area contributed by atoms with E-state index in [0.717, 1.165) is 31.6 Å². The number of carbonyl (C=O) groups is 1. The molecule has 0 aliphatic carbocycles. The van der Waals surface area contributed by atoms with Crippen LogP contribution in [0, 0.1) is 11.3 Å². The number of rotatable bonds is 6. The first-order valence-electron chi connectivity index (χ1n) is 7.89. The van der Waals surface area contributed by atoms with Crippen molar-refractivity contribution >= 4 is 5.97 Å². The second kappa shape index (κ2) is 6.18. The number of likely N-dealkylation sites (tertiary alicyclic amines) is 1. The van der Waals surface area contributed by atoms with Gasteiger partial charge in [0.1, 0.15) is 0 Å². The number of carboxylic acids is 1. The fourth-order valence-electron chi connectivity index (χ4n) is 3.07. The van der Waals surface area contributed by atoms with Crippen molar-refractivity contribution < 1.29 is 9.90 Å². The highest BCUT2D eigenvalue weighted by molar-refractivity contribution is 5.75. The van der Waals surface area contributed by atoms with E-state index in [1.807, 2.05) is 30.8 Å². The monoisotopic (exact) mass is 293 g/mol. The molecule has 1 fully saturated rings. The molecule has 0 amide bonds. The highest BCUT2D eigenvalue weighted by Crippen LogP contribution is 2.38. The maximum atomic E-state index is 11.6. The van der Waals surface area contributed by atoms with Crippen molar-refractivity contribution in [1.82, 2.24) is 14.7 Å². The second-order valence-electron chi connectivity index (χ2n) is 6.62. The van der Waals surface area contributed by atoms with Crippen molar-refractivity contribution in [3.63, 3.8) is 0 Å². The molecule has 2 heterocycles. The second-order valence-corrected chi connectivity index (χ2v) is 6.62. The van der Waals surface area contributed by atoms with E-state index in [0.29, 0.717) is 12.6 Å². The zero-order valence-electron chi connectivity index (χ0n) is 13.5. The normalized spacial score (nSPS) is 24.6. The number of hydrogen-bond donors (Lipinski definition) is 1. The molecule has 1 aliphatic heterocycles. The number of nitrogens with zero attached hydrogens (tertiary/aromatic N) is 3. The van der Waals surface area contributed by atoms with Gasteiger partial charge in [0.05, 0.1) is 11.1 Å². The molecule has 1 aromatic rings. The van der Waals surface area contributed by atoms with Crippen LogP contribution in [-0.4, -0.2) is 38.8 Å². The minimum Gasteiger partial charge on any atom is -0.481 e. The molecule has 2 unspecified atom stereocenters. The summed E-state index contributed by atoms with van der Waals surface area (Å²) >= 11 is 0. The average Bonchev–Trinajstić information content (AvgIpc) is 3.06. The fraction of sp³-hybridized carbons (Fsp3) is 0.750. The lowest BCUT2D eigenvalue weighted by Crippen LogP contribution is -2.39. The van der Waals surface area contributed by atoms with Gasteiger partial charge in [-0.2, -0.15) is 5.10 Å². The van der Waals surface area contributed by atoms with Crippen LogP contribution in [0.3, 0.4) is 0 Å². The molecule has 2 atom stereocenters. The summed E-state index contributed by atoms with van der Waals surface area (Å²) in [6.45, 7) is 10.5. The molecular formula is C16H27N3O2. The summed E-state index contributed by atoms with van der Waals surface area (Å²) < 4.78 is 2.00. The predicted molar refractivity (Wildman–Crippen MR) is 82.0 cm³/mol. The Hall–Kier alpha value is -1.36. The molecule has 21 heavy (non-hydrogen) atoms. The Labute approximate surface area is 126 Å². The van der Waals surface area contributed by atoms with E-state index in [9.17, 15) is 9.90 Å². The van der Waals surface area contributed by atoms with Crippen LogP contribution in [-0.2, 0) is 11.3 Å². The lowest BCUT2D eigenvalue weighted by Gasteiger charge is -2.28. The van der Waals surface area contributed by atoms with Gasteiger partial charge in [-0.15, -0.1) is 0 Å². The first-order chi connectivity index (χ1) is 9.89. The van der Waals surface area contributed by atoms with Gasteiger partial charge in [-0.05, 0) is 38.3 Å². The molecule has 0 saturated carbocycles. The third-order valence-electron chi connectivity index (χ3n) is 5.00. The predicted octanol–water partition coefficient (Wildman–Crippen LogP) is 2.79. The molecular weight excluding hydrogens is 266 g/mol. The lowest BCUT2D eigenvalue weighted by atomic mass is 9.76. The minimum atomic E-state index is -0.662. The van der Waals surface area contributed by atoms with E-state index in [1.165, 1.54) is 0 Å². The lowest BCUT2D eigenvalue weighted by molar-refractivity contribution is -0.151. The van der Waals surface area contributed by atoms with Crippen molar-refractivity contribution in [3.05, 3.63) is 18.0 Å². The zero-order chi connectivity index (χ0) is 15.6. The highest BCUT2D eigenvalue weighted by Gasteiger charge is 2.47. The van der Waals surface area contributed by atoms with Crippen LogP contribution in [0.5, 0.6) is 0 Å². The van der Waals surface area contributed by atoms with Crippen LogP contribution in [0.1, 0.15) is 52.3 Å². The quantitative estimate of drug-likeness (QED) is 0.876. The molecule has 5 nitrogen and oxygen atoms in total. The molecule has 0 bridgehead atoms. The van der Waals surface area contributed by atoms with Crippen molar-refractivity contribution in [1.29, 1.82) is 0 Å². The van der Waals surface area contributed by atoms with Crippen molar-refractivity contribution in [2.75, 3.05) is 13.1 Å². The molecule has 0 aromatic carbocycles. The third-order valence-corrected chi connectivity index (χ3v) is 5.00. The maximum Gasteiger partial charge on any atom is 0.311 e. The minimum absolute atomic E-state index is 0.151. The Kier molecular flexibility index (Phi) is 4.71. The smallest absolute Gasteiger partial charge is 0.311 e. The van der Waals surface area contributed by atoms with Gasteiger partial charge in [-0.1, -0.05) is 20.8 Å². The SMILES string of the molecule is CCC(C)n1ccc(CN2CCC(C(=O)O)(C(C)C)C2)n1. The highest BCUT2D eigenvalue weighted by atomic mass is 16.4. The van der Waals surface area contributed by atoms with Gasteiger partial charge in [0.15, 0.2) is 0 Å². The van der Waals surface area contributed by atoms with Gasteiger partial charge in [0, 0.05) is 25.3 Å². The molecule has 5 heteroatoms. The van der Waals surface area contributed by atoms with E-state index in [-0.39, 0.29) is 5.92 Å². The summed E-state index contributed by atoms with van der Waals surface area (Å²) in [5.41, 5.74) is 0.430. The van der Waals surface area contributed by atoms with Crippen LogP contribution < -0.4 is 0 Å². The topological polar surface area (TPSA) is 58.4 Å². The van der Waals surface area contributed by atoms with Gasteiger partial charge in [0.25, 0.3) is 0 Å². The molecule has 0 spiro atoms. The Morgan fingerprint density at radius 2 is 2.19 bits per heavy atom. The molecule has 1 saturated heterocycles. The molecule has 1 aliphatic rings. The Balaban J connectivity index is 2.02. The van der Waals surface area contributed by atoms with Crippen LogP contribution in [0.2, 0.25) is 0 Å². The van der Waals surface area contributed by atoms with Crippen LogP contribution in [0.4, 0.5) is 0 Å². The summed E-state index contributed by atoms with van der Waals surface area (Å²) in [5, 5.41) is 14.2. The van der Waals surface area contributed by atoms with Crippen molar-refractivity contribution in [2.24, 2.45) is 11.3 Å². The summed E-state index contributed by atoms with van der Waals surface area (Å²) in [7, 11) is 0. The summed E-state index contributed by atoms with van der Waals surface area (Å²) in [4.78, 5) is 13.9. The van der Waals surface area contributed by atoms with E-state index < -0.39 is 11.4 Å². The van der Waals surface area contributed by atoms with Gasteiger partial charge in [0.2, 0.25) is 0 Å². The van der Waals surface area contributed by atoms with Gasteiger partial charge in [-0.25, -0.2) is 0 Å². The molecule has 118 valence electrons. The first kappa shape index (κ1) is 16.0. The number of carboxylic acid groups (broad SMARTS) is 1. The van der Waals surface area contributed by atoms with Crippen LogP contribution in [0.15, 0.2) is 12.3 Å². The van der Waals surface area contributed by atoms with Gasteiger partial charge in [-0.3, -0.25) is 14.4 Å². The first-order valence-corrected chi connectivity index (χ1v) is 7.89. The van der Waals surface area contributed by atoms with Gasteiger partial charge >= 0.3 is 5.97 Å². The van der Waals surface area contributed by atoms with Gasteiger partial charge < -0.3 is 5.11 Å². The average molecular weight is 293 g/mol. The van der Waals surface area contributed by atoms with Crippen LogP contribution in [0.25, 0.3) is 0 Å². The van der Waals surface area contributed by atoms with Crippen molar-refractivity contribution in [2.45, 2.75) is 53.1 Å². The number of hydrogen-bond acceptors (Lipinski definition) is 3. The molecule has 1 N–H and O–H groups in total. The third kappa shape index (κ3) is 3.12. The maximum absolute atomic E-state index is 11.6. The van der Waals surface area contributed by atoms with E-state index in [2.05, 4.69) is 23.8 Å². The standard InChI is InChI=1S/C16H27N3O2/c1-5-13(4)19-8-6-14(17-19)10-18-9-7-16(11-18,12(2)3)15(20)21/h6,8,12-13H,5,7,9-11H2,1-4H3,(H,20,21). The summed E-state index contributed by atoms with van der Waals surface area (Å²) in [5.74, 6) is -0.511. The van der Waals surface area contributed by atoms with Crippen LogP contribution >= 0.6 is 0 Å². The molecule has 2 rings (SSSR count). The summed E-state index contributed by atoms with van der Waals surface area (Å²) in [6.07, 6.45) is 3.80. The Morgan fingerprint density at radius 1 is 1.48 bits per heavy atom. The fourth-order valence-corrected chi connectivity index (χ4v) is 3.07. The molecule has 1 aromatic heterocycles.